The maximum absolute atomic E-state index is 2.78. The molecule has 4 aliphatic carbocycles. The maximum Gasteiger partial charge on any atom is -0.00853 e. The summed E-state index contributed by atoms with van der Waals surface area (Å²) in [5, 5.41) is 0. The second-order valence-corrected chi connectivity index (χ2v) is 9.58. The molecule has 0 aliphatic heterocycles. The highest BCUT2D eigenvalue weighted by atomic mass is 14.6. The van der Waals surface area contributed by atoms with Gasteiger partial charge in [-0.2, -0.15) is 0 Å². The number of allylic oxidation sites excluding steroid dienone is 2. The van der Waals surface area contributed by atoms with E-state index in [1.807, 2.05) is 5.57 Å². The summed E-state index contributed by atoms with van der Waals surface area (Å²) in [5.74, 6) is 4.00. The van der Waals surface area contributed by atoms with E-state index in [1.165, 1.54) is 70.6 Å². The van der Waals surface area contributed by atoms with E-state index in [0.29, 0.717) is 10.8 Å². The molecular weight excluding hydrogens is 264 g/mol. The molecule has 0 radical (unpaired) electrons. The molecule has 4 aliphatic rings. The molecule has 6 atom stereocenters. The molecule has 0 amide bonds. The predicted molar refractivity (Wildman–Crippen MR) is 94.7 cm³/mol. The summed E-state index contributed by atoms with van der Waals surface area (Å²) < 4.78 is 0. The van der Waals surface area contributed by atoms with Crippen molar-refractivity contribution in [2.45, 2.75) is 91.4 Å². The summed E-state index contributed by atoms with van der Waals surface area (Å²) in [7, 11) is 0. The SMILES string of the molecule is CCC[C@H]1CC[C@H]2[C@@H]3CCC4CCCC[C@]4(C)C3=CC[C@]12C. The molecule has 22 heavy (non-hydrogen) atoms. The van der Waals surface area contributed by atoms with Crippen LogP contribution in [-0.2, 0) is 0 Å². The average molecular weight is 301 g/mol. The number of rotatable bonds is 2. The quantitative estimate of drug-likeness (QED) is 0.494. The standard InChI is InChI=1S/C22H36/c1-4-7-16-10-12-19-18-11-9-17-8-5-6-14-21(17,2)20(18)13-15-22(16,19)3/h13,16-19H,4-12,14-15H2,1-3H3/t16-,17?,18-,19-,21-,22+/m0/s1. The summed E-state index contributed by atoms with van der Waals surface area (Å²) in [6, 6.07) is 0. The van der Waals surface area contributed by atoms with Crippen LogP contribution in [-0.4, -0.2) is 0 Å². The van der Waals surface area contributed by atoms with Gasteiger partial charge in [0.2, 0.25) is 0 Å². The van der Waals surface area contributed by atoms with Crippen molar-refractivity contribution in [3.63, 3.8) is 0 Å². The van der Waals surface area contributed by atoms with Crippen molar-refractivity contribution in [2.75, 3.05) is 0 Å². The van der Waals surface area contributed by atoms with Crippen molar-refractivity contribution < 1.29 is 0 Å². The minimum Gasteiger partial charge on any atom is -0.0839 e. The summed E-state index contributed by atoms with van der Waals surface area (Å²) in [6.07, 6.45) is 19.1. The minimum absolute atomic E-state index is 0.589. The maximum atomic E-state index is 2.78. The van der Waals surface area contributed by atoms with Gasteiger partial charge in [-0.15, -0.1) is 0 Å². The lowest BCUT2D eigenvalue weighted by molar-refractivity contribution is 0.0289. The molecule has 3 fully saturated rings. The van der Waals surface area contributed by atoms with Crippen LogP contribution in [0.1, 0.15) is 91.4 Å². The smallest absolute Gasteiger partial charge is 0.00853 e. The lowest BCUT2D eigenvalue weighted by atomic mass is 9.49. The fourth-order valence-electron chi connectivity index (χ4n) is 7.49. The topological polar surface area (TPSA) is 0 Å². The normalized spacial score (nSPS) is 50.8. The molecule has 0 heteroatoms. The molecule has 0 spiro atoms. The third-order valence-corrected chi connectivity index (χ3v) is 8.78. The van der Waals surface area contributed by atoms with Crippen molar-refractivity contribution >= 4 is 0 Å². The number of hydrogen-bond donors (Lipinski definition) is 0. The van der Waals surface area contributed by atoms with Gasteiger partial charge < -0.3 is 0 Å². The van der Waals surface area contributed by atoms with Gasteiger partial charge in [-0.25, -0.2) is 0 Å². The van der Waals surface area contributed by atoms with Gasteiger partial charge in [0.15, 0.2) is 0 Å². The molecule has 4 rings (SSSR count). The lowest BCUT2D eigenvalue weighted by Gasteiger charge is -2.56. The zero-order valence-electron chi connectivity index (χ0n) is 15.2. The Morgan fingerprint density at radius 3 is 2.73 bits per heavy atom. The molecule has 0 bridgehead atoms. The van der Waals surface area contributed by atoms with Gasteiger partial charge in [0.25, 0.3) is 0 Å². The highest BCUT2D eigenvalue weighted by Crippen LogP contribution is 2.65. The van der Waals surface area contributed by atoms with E-state index in [4.69, 9.17) is 0 Å². The first kappa shape index (κ1) is 15.3. The first-order valence-electron chi connectivity index (χ1n) is 10.3. The Balaban J connectivity index is 1.66. The molecule has 0 aromatic carbocycles. The van der Waals surface area contributed by atoms with E-state index in [9.17, 15) is 0 Å². The molecule has 0 aromatic rings. The Hall–Kier alpha value is -0.260. The molecule has 1 unspecified atom stereocenters. The highest BCUT2D eigenvalue weighted by molar-refractivity contribution is 5.28. The van der Waals surface area contributed by atoms with E-state index in [-0.39, 0.29) is 0 Å². The van der Waals surface area contributed by atoms with Crippen molar-refractivity contribution in [2.24, 2.45) is 34.5 Å². The van der Waals surface area contributed by atoms with Crippen LogP contribution in [0.4, 0.5) is 0 Å². The molecule has 0 aromatic heterocycles. The summed E-state index contributed by atoms with van der Waals surface area (Å²) >= 11 is 0. The van der Waals surface area contributed by atoms with Crippen LogP contribution < -0.4 is 0 Å². The lowest BCUT2D eigenvalue weighted by Crippen LogP contribution is -2.46. The second-order valence-electron chi connectivity index (χ2n) is 9.58. The third-order valence-electron chi connectivity index (χ3n) is 8.78. The zero-order chi connectivity index (χ0) is 15.4. The van der Waals surface area contributed by atoms with E-state index in [1.54, 1.807) is 0 Å². The fraction of sp³-hybridized carbons (Fsp3) is 0.909. The highest BCUT2D eigenvalue weighted by Gasteiger charge is 2.56. The van der Waals surface area contributed by atoms with Crippen molar-refractivity contribution in [3.05, 3.63) is 11.6 Å². The van der Waals surface area contributed by atoms with Gasteiger partial charge in [0.05, 0.1) is 0 Å². The van der Waals surface area contributed by atoms with Gasteiger partial charge in [-0.1, -0.05) is 58.1 Å². The largest absolute Gasteiger partial charge is 0.0839 e. The third kappa shape index (κ3) is 2.01. The average Bonchev–Trinajstić information content (AvgIpc) is 2.84. The summed E-state index contributed by atoms with van der Waals surface area (Å²) in [6.45, 7) is 7.69. The summed E-state index contributed by atoms with van der Waals surface area (Å²) in [4.78, 5) is 0. The van der Waals surface area contributed by atoms with Crippen LogP contribution in [0.3, 0.4) is 0 Å². The van der Waals surface area contributed by atoms with Gasteiger partial charge in [0.1, 0.15) is 0 Å². The van der Waals surface area contributed by atoms with E-state index < -0.39 is 0 Å². The molecular formula is C22H36. The van der Waals surface area contributed by atoms with Gasteiger partial charge in [-0.3, -0.25) is 0 Å². The van der Waals surface area contributed by atoms with Crippen LogP contribution in [0, 0.1) is 34.5 Å². The summed E-state index contributed by atoms with van der Waals surface area (Å²) in [5.41, 5.74) is 3.18. The molecule has 0 heterocycles. The molecule has 3 saturated carbocycles. The zero-order valence-corrected chi connectivity index (χ0v) is 15.2. The second kappa shape index (κ2) is 5.38. The van der Waals surface area contributed by atoms with Crippen molar-refractivity contribution in [1.82, 2.24) is 0 Å². The number of hydrogen-bond acceptors (Lipinski definition) is 0. The molecule has 0 nitrogen and oxygen atoms in total. The van der Waals surface area contributed by atoms with E-state index in [2.05, 4.69) is 26.8 Å². The van der Waals surface area contributed by atoms with Crippen LogP contribution in [0.2, 0.25) is 0 Å². The Morgan fingerprint density at radius 2 is 1.91 bits per heavy atom. The van der Waals surface area contributed by atoms with Crippen molar-refractivity contribution in [1.29, 1.82) is 0 Å². The molecule has 0 saturated heterocycles. The monoisotopic (exact) mass is 300 g/mol. The molecule has 124 valence electrons. The Labute approximate surface area is 138 Å². The first-order chi connectivity index (χ1) is 10.6. The Morgan fingerprint density at radius 1 is 1.05 bits per heavy atom. The van der Waals surface area contributed by atoms with Crippen LogP contribution in [0.5, 0.6) is 0 Å². The predicted octanol–water partition coefficient (Wildman–Crippen LogP) is 6.76. The van der Waals surface area contributed by atoms with E-state index >= 15 is 0 Å². The van der Waals surface area contributed by atoms with Crippen LogP contribution in [0.25, 0.3) is 0 Å². The minimum atomic E-state index is 0.589. The van der Waals surface area contributed by atoms with E-state index in [0.717, 1.165) is 23.7 Å². The van der Waals surface area contributed by atoms with Crippen molar-refractivity contribution in [3.8, 4) is 0 Å². The first-order valence-corrected chi connectivity index (χ1v) is 10.3. The van der Waals surface area contributed by atoms with Crippen LogP contribution in [0.15, 0.2) is 11.6 Å². The Bertz CT molecular complexity index is 461. The van der Waals surface area contributed by atoms with Gasteiger partial charge in [0, 0.05) is 0 Å². The molecule has 0 N–H and O–H groups in total. The number of fused-ring (bicyclic) bond motifs is 5. The Kier molecular flexibility index (Phi) is 3.74. The fourth-order valence-corrected chi connectivity index (χ4v) is 7.49. The van der Waals surface area contributed by atoms with Gasteiger partial charge >= 0.3 is 0 Å². The van der Waals surface area contributed by atoms with Gasteiger partial charge in [-0.05, 0) is 79.4 Å². The van der Waals surface area contributed by atoms with Crippen LogP contribution >= 0.6 is 0 Å².